The van der Waals surface area contributed by atoms with E-state index in [4.69, 9.17) is 5.73 Å². The van der Waals surface area contributed by atoms with Gasteiger partial charge in [-0.05, 0) is 31.0 Å². The number of nitrogens with zero attached hydrogens (tertiary/aromatic N) is 1. The molecule has 1 amide bonds. The summed E-state index contributed by atoms with van der Waals surface area (Å²) in [6, 6.07) is 19.8. The molecule has 0 spiro atoms. The van der Waals surface area contributed by atoms with Gasteiger partial charge in [-0.15, -0.1) is 0 Å². The summed E-state index contributed by atoms with van der Waals surface area (Å²) < 4.78 is 0. The number of carbonyl (C=O) groups excluding carboxylic acids is 1. The lowest BCUT2D eigenvalue weighted by molar-refractivity contribution is -0.121. The molecule has 0 aromatic heterocycles. The Hall–Kier alpha value is -2.33. The van der Waals surface area contributed by atoms with Gasteiger partial charge in [0.25, 0.3) is 0 Å². The Balaban J connectivity index is 1.69. The summed E-state index contributed by atoms with van der Waals surface area (Å²) in [7, 11) is 0. The van der Waals surface area contributed by atoms with E-state index in [0.717, 1.165) is 25.1 Å². The number of hydrogen-bond donors (Lipinski definition) is 2. The summed E-state index contributed by atoms with van der Waals surface area (Å²) in [4.78, 5) is 14.3. The lowest BCUT2D eigenvalue weighted by Gasteiger charge is -2.23. The van der Waals surface area contributed by atoms with Gasteiger partial charge in [0, 0.05) is 37.8 Å². The van der Waals surface area contributed by atoms with Gasteiger partial charge in [-0.2, -0.15) is 0 Å². The number of nitrogens with two attached hydrogens (primary N) is 1. The van der Waals surface area contributed by atoms with E-state index in [9.17, 15) is 4.79 Å². The molecule has 1 unspecified atom stereocenters. The zero-order chi connectivity index (χ0) is 17.2. The Morgan fingerprint density at radius 3 is 2.33 bits per heavy atom. The Labute approximate surface area is 144 Å². The van der Waals surface area contributed by atoms with Crippen LogP contribution in [0.1, 0.15) is 31.4 Å². The summed E-state index contributed by atoms with van der Waals surface area (Å²) in [6.45, 7) is 4.69. The summed E-state index contributed by atoms with van der Waals surface area (Å²) >= 11 is 0. The van der Waals surface area contributed by atoms with E-state index in [1.54, 1.807) is 0 Å². The third-order valence-electron chi connectivity index (χ3n) is 4.06. The van der Waals surface area contributed by atoms with Crippen LogP contribution in [0.3, 0.4) is 0 Å². The summed E-state index contributed by atoms with van der Waals surface area (Å²) in [6.07, 6.45) is 1.23. The molecular formula is C20H27N3O. The van der Waals surface area contributed by atoms with Crippen LogP contribution in [0.15, 0.2) is 60.7 Å². The number of amides is 1. The van der Waals surface area contributed by atoms with Crippen LogP contribution in [0.25, 0.3) is 0 Å². The molecule has 0 aliphatic heterocycles. The highest BCUT2D eigenvalue weighted by Gasteiger charge is 2.11. The van der Waals surface area contributed by atoms with Crippen LogP contribution >= 0.6 is 0 Å². The van der Waals surface area contributed by atoms with E-state index >= 15 is 0 Å². The lowest BCUT2D eigenvalue weighted by Crippen LogP contribution is -2.31. The van der Waals surface area contributed by atoms with Gasteiger partial charge >= 0.3 is 0 Å². The van der Waals surface area contributed by atoms with Crippen molar-refractivity contribution in [2.75, 3.05) is 24.5 Å². The smallest absolute Gasteiger partial charge is 0.221 e. The number of rotatable bonds is 9. The minimum absolute atomic E-state index is 0.00844. The molecule has 0 aliphatic carbocycles. The second kappa shape index (κ2) is 9.73. The van der Waals surface area contributed by atoms with Gasteiger partial charge in [-0.1, -0.05) is 48.5 Å². The molecule has 24 heavy (non-hydrogen) atoms. The van der Waals surface area contributed by atoms with E-state index in [-0.39, 0.29) is 11.9 Å². The maximum absolute atomic E-state index is 12.0. The Kier molecular flexibility index (Phi) is 7.30. The highest BCUT2D eigenvalue weighted by Crippen LogP contribution is 2.14. The fourth-order valence-corrected chi connectivity index (χ4v) is 2.70. The normalized spacial score (nSPS) is 11.8. The number of benzene rings is 2. The lowest BCUT2D eigenvalue weighted by atomic mass is 10.0. The number of para-hydroxylation sites is 1. The first-order chi connectivity index (χ1) is 11.7. The molecule has 0 heterocycles. The third-order valence-corrected chi connectivity index (χ3v) is 4.06. The monoisotopic (exact) mass is 325 g/mol. The van der Waals surface area contributed by atoms with Crippen LogP contribution in [0.4, 0.5) is 5.69 Å². The van der Waals surface area contributed by atoms with E-state index in [1.165, 1.54) is 5.69 Å². The predicted octanol–water partition coefficient (Wildman–Crippen LogP) is 3.11. The Morgan fingerprint density at radius 2 is 1.71 bits per heavy atom. The van der Waals surface area contributed by atoms with Crippen LogP contribution in [0.2, 0.25) is 0 Å². The van der Waals surface area contributed by atoms with Crippen LogP contribution in [-0.4, -0.2) is 25.5 Å². The number of hydrogen-bond acceptors (Lipinski definition) is 3. The van der Waals surface area contributed by atoms with E-state index in [1.807, 2.05) is 48.5 Å². The largest absolute Gasteiger partial charge is 0.372 e. The molecule has 2 rings (SSSR count). The fourth-order valence-electron chi connectivity index (χ4n) is 2.70. The first kappa shape index (κ1) is 18.0. The zero-order valence-corrected chi connectivity index (χ0v) is 14.3. The molecular weight excluding hydrogens is 298 g/mol. The van der Waals surface area contributed by atoms with E-state index < -0.39 is 0 Å². The first-order valence-electron chi connectivity index (χ1n) is 8.58. The SMILES string of the molecule is CCN(CCCNC(=O)CC(N)c1ccccc1)c1ccccc1. The van der Waals surface area contributed by atoms with Crippen LogP contribution in [0, 0.1) is 0 Å². The van der Waals surface area contributed by atoms with Crippen molar-refractivity contribution in [3.8, 4) is 0 Å². The molecule has 4 nitrogen and oxygen atoms in total. The van der Waals surface area contributed by atoms with Crippen LogP contribution < -0.4 is 16.0 Å². The van der Waals surface area contributed by atoms with Gasteiger partial charge in [0.15, 0.2) is 0 Å². The molecule has 0 saturated carbocycles. The maximum Gasteiger partial charge on any atom is 0.221 e. The molecule has 0 radical (unpaired) electrons. The standard InChI is InChI=1S/C20H27N3O/c1-2-23(18-12-7-4-8-13-18)15-9-14-22-20(24)16-19(21)17-10-5-3-6-11-17/h3-8,10-13,19H,2,9,14-16,21H2,1H3,(H,22,24). The van der Waals surface area contributed by atoms with Crippen molar-refractivity contribution in [2.45, 2.75) is 25.8 Å². The number of carbonyl (C=O) groups is 1. The van der Waals surface area contributed by atoms with Gasteiger partial charge in [0.2, 0.25) is 5.91 Å². The zero-order valence-electron chi connectivity index (χ0n) is 14.3. The van der Waals surface area contributed by atoms with E-state index in [2.05, 4.69) is 29.3 Å². The molecule has 2 aromatic carbocycles. The molecule has 128 valence electrons. The van der Waals surface area contributed by atoms with Gasteiger partial charge in [-0.3, -0.25) is 4.79 Å². The Bertz CT molecular complexity index is 601. The summed E-state index contributed by atoms with van der Waals surface area (Å²) in [5.74, 6) is 0.00844. The highest BCUT2D eigenvalue weighted by atomic mass is 16.1. The number of anilines is 1. The summed E-state index contributed by atoms with van der Waals surface area (Å²) in [5, 5.41) is 2.97. The van der Waals surface area contributed by atoms with Gasteiger partial charge < -0.3 is 16.0 Å². The first-order valence-corrected chi connectivity index (χ1v) is 8.58. The summed E-state index contributed by atoms with van der Waals surface area (Å²) in [5.41, 5.74) is 8.29. The van der Waals surface area contributed by atoms with Crippen molar-refractivity contribution in [2.24, 2.45) is 5.73 Å². The quantitative estimate of drug-likeness (QED) is 0.697. The minimum Gasteiger partial charge on any atom is -0.372 e. The van der Waals surface area contributed by atoms with Crippen LogP contribution in [-0.2, 0) is 4.79 Å². The van der Waals surface area contributed by atoms with Crippen molar-refractivity contribution in [3.63, 3.8) is 0 Å². The van der Waals surface area contributed by atoms with Crippen molar-refractivity contribution in [1.82, 2.24) is 5.32 Å². The molecule has 1 atom stereocenters. The van der Waals surface area contributed by atoms with E-state index in [0.29, 0.717) is 13.0 Å². The number of nitrogens with one attached hydrogen (secondary N) is 1. The molecule has 2 aromatic rings. The Morgan fingerprint density at radius 1 is 1.08 bits per heavy atom. The topological polar surface area (TPSA) is 58.4 Å². The van der Waals surface area contributed by atoms with Gasteiger partial charge in [-0.25, -0.2) is 0 Å². The average molecular weight is 325 g/mol. The molecule has 0 saturated heterocycles. The molecule has 0 bridgehead atoms. The van der Waals surface area contributed by atoms with Gasteiger partial charge in [0.05, 0.1) is 0 Å². The molecule has 3 N–H and O–H groups in total. The minimum atomic E-state index is -0.248. The third kappa shape index (κ3) is 5.70. The van der Waals surface area contributed by atoms with Crippen molar-refractivity contribution >= 4 is 11.6 Å². The van der Waals surface area contributed by atoms with Crippen molar-refractivity contribution in [3.05, 3.63) is 66.2 Å². The second-order valence-corrected chi connectivity index (χ2v) is 5.84. The predicted molar refractivity (Wildman–Crippen MR) is 99.9 cm³/mol. The van der Waals surface area contributed by atoms with Crippen molar-refractivity contribution < 1.29 is 4.79 Å². The highest BCUT2D eigenvalue weighted by molar-refractivity contribution is 5.76. The molecule has 0 aliphatic rings. The molecule has 0 fully saturated rings. The molecule has 4 heteroatoms. The van der Waals surface area contributed by atoms with Gasteiger partial charge in [0.1, 0.15) is 0 Å². The van der Waals surface area contributed by atoms with Crippen LogP contribution in [0.5, 0.6) is 0 Å². The average Bonchev–Trinajstić information content (AvgIpc) is 2.63. The fraction of sp³-hybridized carbons (Fsp3) is 0.350. The maximum atomic E-state index is 12.0. The second-order valence-electron chi connectivity index (χ2n) is 5.84. The van der Waals surface area contributed by atoms with Crippen molar-refractivity contribution in [1.29, 1.82) is 0 Å².